The van der Waals surface area contributed by atoms with Crippen molar-refractivity contribution in [2.45, 2.75) is 52.9 Å². The smallest absolute Gasteiger partial charge is 0.0381 e. The fraction of sp³-hybridized carbons (Fsp3) is 0.556. The van der Waals surface area contributed by atoms with E-state index in [1.165, 1.54) is 41.6 Å². The van der Waals surface area contributed by atoms with E-state index in [0.717, 1.165) is 6.54 Å². The Morgan fingerprint density at radius 3 is 2.79 bits per heavy atom. The molecular formula is C18H27N. The van der Waals surface area contributed by atoms with Crippen LogP contribution in [0.15, 0.2) is 18.2 Å². The van der Waals surface area contributed by atoms with Crippen molar-refractivity contribution in [3.63, 3.8) is 0 Å². The van der Waals surface area contributed by atoms with Gasteiger partial charge in [-0.15, -0.1) is 0 Å². The number of nitrogens with one attached hydrogen (secondary N) is 1. The van der Waals surface area contributed by atoms with E-state index in [4.69, 9.17) is 0 Å². The molecule has 19 heavy (non-hydrogen) atoms. The lowest BCUT2D eigenvalue weighted by Crippen LogP contribution is -2.11. The Labute approximate surface area is 118 Å². The molecule has 1 aliphatic rings. The predicted molar refractivity (Wildman–Crippen MR) is 85.8 cm³/mol. The predicted octanol–water partition coefficient (Wildman–Crippen LogP) is 5.23. The summed E-state index contributed by atoms with van der Waals surface area (Å²) < 4.78 is 0. The summed E-state index contributed by atoms with van der Waals surface area (Å²) in [6.07, 6.45) is 8.35. The van der Waals surface area contributed by atoms with E-state index in [2.05, 4.69) is 57.3 Å². The molecule has 0 amide bonds. The van der Waals surface area contributed by atoms with Crippen molar-refractivity contribution in [1.82, 2.24) is 0 Å². The quantitative estimate of drug-likeness (QED) is 0.712. The minimum atomic E-state index is 0.567. The van der Waals surface area contributed by atoms with Gasteiger partial charge in [0.25, 0.3) is 0 Å². The molecule has 2 rings (SSSR count). The van der Waals surface area contributed by atoms with E-state index in [-0.39, 0.29) is 0 Å². The molecular weight excluding hydrogens is 230 g/mol. The summed E-state index contributed by atoms with van der Waals surface area (Å²) in [6, 6.07) is 4.60. The Kier molecular flexibility index (Phi) is 4.68. The lowest BCUT2D eigenvalue weighted by molar-refractivity contribution is 0.712. The number of fused-ring (bicyclic) bond motifs is 1. The normalized spacial score (nSPS) is 17.6. The molecule has 0 radical (unpaired) electrons. The first-order valence-corrected chi connectivity index (χ1v) is 7.71. The van der Waals surface area contributed by atoms with Gasteiger partial charge in [0, 0.05) is 12.2 Å². The topological polar surface area (TPSA) is 12.0 Å². The van der Waals surface area contributed by atoms with Gasteiger partial charge in [0.2, 0.25) is 0 Å². The summed E-state index contributed by atoms with van der Waals surface area (Å²) in [4.78, 5) is 0. The zero-order chi connectivity index (χ0) is 13.8. The molecule has 0 saturated heterocycles. The van der Waals surface area contributed by atoms with Crippen molar-refractivity contribution in [3.8, 4) is 0 Å². The highest BCUT2D eigenvalue weighted by molar-refractivity contribution is 5.70. The number of unbranched alkanes of at least 4 members (excludes halogenated alkanes) is 1. The first kappa shape index (κ1) is 14.2. The third-order valence-corrected chi connectivity index (χ3v) is 3.93. The second-order valence-corrected chi connectivity index (χ2v) is 6.08. The van der Waals surface area contributed by atoms with E-state index < -0.39 is 0 Å². The molecule has 0 aliphatic heterocycles. The monoisotopic (exact) mass is 257 g/mol. The molecule has 1 aliphatic carbocycles. The Hall–Kier alpha value is -1.24. The van der Waals surface area contributed by atoms with Crippen molar-refractivity contribution >= 4 is 11.8 Å². The molecule has 1 N–H and O–H groups in total. The molecule has 1 aromatic carbocycles. The highest BCUT2D eigenvalue weighted by atomic mass is 14.9. The van der Waals surface area contributed by atoms with Gasteiger partial charge in [-0.05, 0) is 47.4 Å². The Balaban J connectivity index is 2.34. The number of allylic oxidation sites excluding steroid dienone is 1. The van der Waals surface area contributed by atoms with Crippen LogP contribution >= 0.6 is 0 Å². The minimum absolute atomic E-state index is 0.567. The minimum Gasteiger partial charge on any atom is -0.385 e. The summed E-state index contributed by atoms with van der Waals surface area (Å²) in [6.45, 7) is 10.2. The van der Waals surface area contributed by atoms with Crippen LogP contribution < -0.4 is 5.32 Å². The summed E-state index contributed by atoms with van der Waals surface area (Å²) in [5.41, 5.74) is 5.81. The van der Waals surface area contributed by atoms with Gasteiger partial charge >= 0.3 is 0 Å². The number of benzene rings is 1. The number of rotatable bonds is 5. The third-order valence-electron chi connectivity index (χ3n) is 3.93. The zero-order valence-corrected chi connectivity index (χ0v) is 12.8. The summed E-state index contributed by atoms with van der Waals surface area (Å²) in [7, 11) is 0. The van der Waals surface area contributed by atoms with E-state index in [9.17, 15) is 0 Å². The van der Waals surface area contributed by atoms with Gasteiger partial charge in [0.1, 0.15) is 0 Å². The van der Waals surface area contributed by atoms with Crippen molar-refractivity contribution in [1.29, 1.82) is 0 Å². The zero-order valence-electron chi connectivity index (χ0n) is 12.8. The second-order valence-electron chi connectivity index (χ2n) is 6.08. The van der Waals surface area contributed by atoms with Gasteiger partial charge < -0.3 is 5.32 Å². The van der Waals surface area contributed by atoms with Crippen molar-refractivity contribution < 1.29 is 0 Å². The van der Waals surface area contributed by atoms with E-state index >= 15 is 0 Å². The van der Waals surface area contributed by atoms with Gasteiger partial charge in [-0.2, -0.15) is 0 Å². The van der Waals surface area contributed by atoms with Gasteiger partial charge in [-0.1, -0.05) is 52.3 Å². The molecule has 0 fully saturated rings. The molecule has 104 valence electrons. The lowest BCUT2D eigenvalue weighted by Gasteiger charge is -2.24. The van der Waals surface area contributed by atoms with Crippen LogP contribution in [0.25, 0.3) is 6.08 Å². The number of anilines is 1. The summed E-state index contributed by atoms with van der Waals surface area (Å²) in [5, 5.41) is 3.62. The van der Waals surface area contributed by atoms with Crippen molar-refractivity contribution in [2.24, 2.45) is 5.92 Å². The van der Waals surface area contributed by atoms with Gasteiger partial charge in [0.05, 0.1) is 0 Å². The maximum Gasteiger partial charge on any atom is 0.0381 e. The van der Waals surface area contributed by atoms with Crippen LogP contribution in [0.3, 0.4) is 0 Å². The molecule has 0 spiro atoms. The highest BCUT2D eigenvalue weighted by Crippen LogP contribution is 2.35. The molecule has 0 saturated carbocycles. The second kappa shape index (κ2) is 6.27. The maximum absolute atomic E-state index is 3.62. The fourth-order valence-electron chi connectivity index (χ4n) is 2.91. The van der Waals surface area contributed by atoms with Crippen LogP contribution in [0.5, 0.6) is 0 Å². The van der Waals surface area contributed by atoms with E-state index in [1.807, 2.05) is 0 Å². The average molecular weight is 257 g/mol. The molecule has 0 aromatic heterocycles. The van der Waals surface area contributed by atoms with Crippen LogP contribution in [-0.2, 0) is 6.42 Å². The van der Waals surface area contributed by atoms with Crippen molar-refractivity contribution in [2.75, 3.05) is 11.9 Å². The number of hydrogen-bond acceptors (Lipinski definition) is 1. The largest absolute Gasteiger partial charge is 0.385 e. The summed E-state index contributed by atoms with van der Waals surface area (Å²) in [5.74, 6) is 1.24. The van der Waals surface area contributed by atoms with Crippen LogP contribution in [-0.4, -0.2) is 6.54 Å². The third kappa shape index (κ3) is 3.20. The van der Waals surface area contributed by atoms with Gasteiger partial charge in [-0.3, -0.25) is 0 Å². The molecule has 1 unspecified atom stereocenters. The van der Waals surface area contributed by atoms with Crippen LogP contribution in [0.1, 0.15) is 63.1 Å². The molecule has 1 aromatic rings. The highest BCUT2D eigenvalue weighted by Gasteiger charge is 2.18. The Morgan fingerprint density at radius 2 is 2.11 bits per heavy atom. The van der Waals surface area contributed by atoms with Gasteiger partial charge in [-0.25, -0.2) is 0 Å². The van der Waals surface area contributed by atoms with Crippen LogP contribution in [0.4, 0.5) is 5.69 Å². The Morgan fingerprint density at radius 1 is 1.32 bits per heavy atom. The Bertz CT molecular complexity index is 457. The van der Waals surface area contributed by atoms with Gasteiger partial charge in [0.15, 0.2) is 0 Å². The molecule has 1 atom stereocenters. The molecule has 1 heteroatoms. The fourth-order valence-corrected chi connectivity index (χ4v) is 2.91. The molecule has 0 bridgehead atoms. The summed E-state index contributed by atoms with van der Waals surface area (Å²) >= 11 is 0. The maximum atomic E-state index is 3.62. The van der Waals surface area contributed by atoms with Crippen molar-refractivity contribution in [3.05, 3.63) is 34.9 Å². The lowest BCUT2D eigenvalue weighted by atomic mass is 9.84. The molecule has 1 nitrogen and oxygen atoms in total. The number of hydrogen-bond donors (Lipinski definition) is 1. The van der Waals surface area contributed by atoms with E-state index in [0.29, 0.717) is 11.8 Å². The first-order valence-electron chi connectivity index (χ1n) is 7.71. The first-order chi connectivity index (χ1) is 9.13. The SMILES string of the molecule is CCCCNc1ccc2c(c1C(C)C)C=CC(C)C2. The standard InChI is InChI=1S/C18H27N/c1-5-6-11-19-17-10-8-15-12-14(4)7-9-16(15)18(17)13(2)3/h7-10,13-14,19H,5-6,11-12H2,1-4H3. The van der Waals surface area contributed by atoms with Crippen LogP contribution in [0.2, 0.25) is 0 Å². The average Bonchev–Trinajstić information content (AvgIpc) is 2.38. The van der Waals surface area contributed by atoms with E-state index in [1.54, 1.807) is 0 Å². The molecule has 0 heterocycles. The van der Waals surface area contributed by atoms with Crippen LogP contribution in [0, 0.1) is 5.92 Å².